The summed E-state index contributed by atoms with van der Waals surface area (Å²) < 4.78 is 6.11. The van der Waals surface area contributed by atoms with Crippen LogP contribution in [0.25, 0.3) is 0 Å². The Morgan fingerprint density at radius 2 is 1.68 bits per heavy atom. The molecule has 0 radical (unpaired) electrons. The van der Waals surface area contributed by atoms with Crippen LogP contribution in [0.4, 0.5) is 0 Å². The fourth-order valence-electron chi connectivity index (χ4n) is 5.07. The Bertz CT molecular complexity index is 930. The summed E-state index contributed by atoms with van der Waals surface area (Å²) in [6.45, 7) is 12.6. The van der Waals surface area contributed by atoms with E-state index in [4.69, 9.17) is 4.74 Å². The van der Waals surface area contributed by atoms with Gasteiger partial charge in [0.05, 0.1) is 6.04 Å². The highest BCUT2D eigenvalue weighted by molar-refractivity contribution is 5.93. The molecular formula is C29H46N4O4. The number of aryl methyl sites for hydroxylation is 1. The number of amides is 3. The number of para-hydroxylation sites is 1. The minimum absolute atomic E-state index is 0.0693. The van der Waals surface area contributed by atoms with Gasteiger partial charge in [0.15, 0.2) is 0 Å². The van der Waals surface area contributed by atoms with Crippen LogP contribution in [0.3, 0.4) is 0 Å². The molecule has 1 aromatic rings. The molecule has 0 bridgehead atoms. The third kappa shape index (κ3) is 8.19. The van der Waals surface area contributed by atoms with Crippen molar-refractivity contribution in [3.63, 3.8) is 0 Å². The number of rotatable bonds is 4. The van der Waals surface area contributed by atoms with Crippen LogP contribution in [0.1, 0.15) is 72.8 Å². The van der Waals surface area contributed by atoms with E-state index in [1.807, 2.05) is 52.8 Å². The monoisotopic (exact) mass is 514 g/mol. The summed E-state index contributed by atoms with van der Waals surface area (Å²) in [6, 6.07) is 6.03. The number of nitrogens with zero attached hydrogens (tertiary/aromatic N) is 1. The van der Waals surface area contributed by atoms with Crippen LogP contribution in [0, 0.1) is 11.8 Å². The Balaban J connectivity index is 1.88. The van der Waals surface area contributed by atoms with Gasteiger partial charge in [0.25, 0.3) is 0 Å². The molecule has 4 atom stereocenters. The minimum Gasteiger partial charge on any atom is -0.492 e. The van der Waals surface area contributed by atoms with Gasteiger partial charge in [-0.05, 0) is 83.3 Å². The molecule has 1 aliphatic carbocycles. The van der Waals surface area contributed by atoms with Crippen molar-refractivity contribution < 1.29 is 19.1 Å². The summed E-state index contributed by atoms with van der Waals surface area (Å²) in [5.74, 6) is 0.759. The molecule has 1 aliphatic heterocycles. The molecule has 3 N–H and O–H groups in total. The molecule has 2 aliphatic rings. The Labute approximate surface area is 222 Å². The molecule has 206 valence electrons. The number of nitrogens with one attached hydrogen (secondary N) is 3. The van der Waals surface area contributed by atoms with Gasteiger partial charge in [-0.2, -0.15) is 0 Å². The molecule has 1 heterocycles. The van der Waals surface area contributed by atoms with Gasteiger partial charge in [-0.15, -0.1) is 0 Å². The van der Waals surface area contributed by atoms with Gasteiger partial charge in [-0.1, -0.05) is 32.0 Å². The first-order chi connectivity index (χ1) is 17.6. The summed E-state index contributed by atoms with van der Waals surface area (Å²) in [4.78, 5) is 42.0. The molecule has 0 saturated heterocycles. The molecular weight excluding hydrogens is 468 g/mol. The van der Waals surface area contributed by atoms with Gasteiger partial charge in [0.2, 0.25) is 17.7 Å². The van der Waals surface area contributed by atoms with Gasteiger partial charge in [0, 0.05) is 18.6 Å². The first kappa shape index (κ1) is 29.0. The molecule has 0 aromatic heterocycles. The molecule has 0 unspecified atom stereocenters. The Kier molecular flexibility index (Phi) is 10.4. The third-order valence-corrected chi connectivity index (χ3v) is 7.24. The van der Waals surface area contributed by atoms with Crippen LogP contribution in [-0.4, -0.2) is 66.0 Å². The van der Waals surface area contributed by atoms with Crippen LogP contribution in [-0.2, 0) is 20.8 Å². The lowest BCUT2D eigenvalue weighted by molar-refractivity contribution is -0.144. The standard InChI is InChI=1S/C29H46N4O4/c1-18(2)17-24-28(35)31-20(5)11-12-22-9-7-8-10-25(22)37-16-15-30-26(23-13-14-23)29(36)33(19(3)4)21(6)27(34)32-24/h7-10,18-21,23-24,26,30H,11-17H2,1-6H3,(H,31,35)(H,32,34)/t20-,21-,24-,26+/m1/s1. The van der Waals surface area contributed by atoms with Gasteiger partial charge < -0.3 is 25.6 Å². The lowest BCUT2D eigenvalue weighted by atomic mass is 10.0. The third-order valence-electron chi connectivity index (χ3n) is 7.24. The van der Waals surface area contributed by atoms with Crippen molar-refractivity contribution in [2.24, 2.45) is 11.8 Å². The number of carbonyl (C=O) groups is 3. The van der Waals surface area contributed by atoms with E-state index in [9.17, 15) is 14.4 Å². The maximum absolute atomic E-state index is 13.7. The van der Waals surface area contributed by atoms with Crippen LogP contribution in [0.5, 0.6) is 5.75 Å². The zero-order chi connectivity index (χ0) is 27.1. The fourth-order valence-corrected chi connectivity index (χ4v) is 5.07. The maximum atomic E-state index is 13.7. The summed E-state index contributed by atoms with van der Waals surface area (Å²) in [7, 11) is 0. The van der Waals surface area contributed by atoms with E-state index in [1.165, 1.54) is 0 Å². The Morgan fingerprint density at radius 1 is 0.973 bits per heavy atom. The highest BCUT2D eigenvalue weighted by Gasteiger charge is 2.41. The second-order valence-corrected chi connectivity index (χ2v) is 11.4. The normalized spacial score (nSPS) is 27.1. The number of hydrogen-bond acceptors (Lipinski definition) is 5. The maximum Gasteiger partial charge on any atom is 0.243 e. The molecule has 1 saturated carbocycles. The average Bonchev–Trinajstić information content (AvgIpc) is 3.67. The van der Waals surface area contributed by atoms with Crippen molar-refractivity contribution in [3.05, 3.63) is 29.8 Å². The van der Waals surface area contributed by atoms with E-state index in [0.717, 1.165) is 37.0 Å². The van der Waals surface area contributed by atoms with Crippen molar-refractivity contribution >= 4 is 17.7 Å². The van der Waals surface area contributed by atoms with E-state index in [2.05, 4.69) is 22.0 Å². The van der Waals surface area contributed by atoms with E-state index >= 15 is 0 Å². The minimum atomic E-state index is -0.697. The molecule has 8 heteroatoms. The van der Waals surface area contributed by atoms with E-state index in [1.54, 1.807) is 11.8 Å². The van der Waals surface area contributed by atoms with Crippen LogP contribution in [0.15, 0.2) is 24.3 Å². The number of ether oxygens (including phenoxy) is 1. The number of hydrogen-bond donors (Lipinski definition) is 3. The van der Waals surface area contributed by atoms with Crippen molar-refractivity contribution in [1.29, 1.82) is 0 Å². The molecule has 1 aromatic carbocycles. The second kappa shape index (κ2) is 13.3. The van der Waals surface area contributed by atoms with Gasteiger partial charge in [-0.25, -0.2) is 0 Å². The van der Waals surface area contributed by atoms with Crippen molar-refractivity contribution in [3.8, 4) is 5.75 Å². The number of carbonyl (C=O) groups excluding carboxylic acids is 3. The van der Waals surface area contributed by atoms with Crippen molar-refractivity contribution in [2.75, 3.05) is 13.2 Å². The van der Waals surface area contributed by atoms with Crippen molar-refractivity contribution in [1.82, 2.24) is 20.9 Å². The van der Waals surface area contributed by atoms with Crippen LogP contribution < -0.4 is 20.7 Å². The molecule has 3 amide bonds. The first-order valence-corrected chi connectivity index (χ1v) is 14.0. The summed E-state index contributed by atoms with van der Waals surface area (Å²) in [6.07, 6.45) is 4.02. The predicted octanol–water partition coefficient (Wildman–Crippen LogP) is 3.04. The van der Waals surface area contributed by atoms with Crippen LogP contribution >= 0.6 is 0 Å². The highest BCUT2D eigenvalue weighted by Crippen LogP contribution is 2.34. The van der Waals surface area contributed by atoms with E-state index < -0.39 is 12.1 Å². The van der Waals surface area contributed by atoms with Gasteiger partial charge in [-0.3, -0.25) is 14.4 Å². The first-order valence-electron chi connectivity index (χ1n) is 14.0. The van der Waals surface area contributed by atoms with E-state index in [-0.39, 0.29) is 47.7 Å². The molecule has 1 fully saturated rings. The Morgan fingerprint density at radius 3 is 2.32 bits per heavy atom. The summed E-state index contributed by atoms with van der Waals surface area (Å²) in [5.41, 5.74) is 1.09. The summed E-state index contributed by atoms with van der Waals surface area (Å²) >= 11 is 0. The smallest absolute Gasteiger partial charge is 0.243 e. The zero-order valence-corrected chi connectivity index (χ0v) is 23.4. The zero-order valence-electron chi connectivity index (χ0n) is 23.4. The molecule has 3 rings (SSSR count). The van der Waals surface area contributed by atoms with Crippen molar-refractivity contribution in [2.45, 2.75) is 104 Å². The lowest BCUT2D eigenvalue weighted by Crippen LogP contribution is -2.59. The Hall–Kier alpha value is -2.61. The quantitative estimate of drug-likeness (QED) is 0.574. The van der Waals surface area contributed by atoms with Gasteiger partial charge >= 0.3 is 0 Å². The molecule has 0 spiro atoms. The van der Waals surface area contributed by atoms with Gasteiger partial charge in [0.1, 0.15) is 24.4 Å². The molecule has 8 nitrogen and oxygen atoms in total. The fraction of sp³-hybridized carbons (Fsp3) is 0.690. The average molecular weight is 515 g/mol. The van der Waals surface area contributed by atoms with Crippen LogP contribution in [0.2, 0.25) is 0 Å². The lowest BCUT2D eigenvalue weighted by Gasteiger charge is -2.36. The topological polar surface area (TPSA) is 99.8 Å². The predicted molar refractivity (Wildman–Crippen MR) is 145 cm³/mol. The second-order valence-electron chi connectivity index (χ2n) is 11.4. The number of fused-ring (bicyclic) bond motifs is 1. The highest BCUT2D eigenvalue weighted by atomic mass is 16.5. The summed E-state index contributed by atoms with van der Waals surface area (Å²) in [5, 5.41) is 9.49. The SMILES string of the molecule is CC(C)C[C@H]1NC(=O)[C@@H](C)N(C(C)C)C(=O)[C@H](C2CC2)NCCOc2ccccc2CC[C@@H](C)NC1=O. The van der Waals surface area contributed by atoms with E-state index in [0.29, 0.717) is 19.6 Å². The largest absolute Gasteiger partial charge is 0.492 e. The molecule has 37 heavy (non-hydrogen) atoms. The number of benzene rings is 1.